The third kappa shape index (κ3) is 3.60. The molecule has 0 radical (unpaired) electrons. The number of nitrogens with zero attached hydrogens (tertiary/aromatic N) is 3. The first-order valence-corrected chi connectivity index (χ1v) is 7.88. The average Bonchev–Trinajstić information content (AvgIpc) is 2.62. The average molecular weight is 325 g/mol. The van der Waals surface area contributed by atoms with Gasteiger partial charge in [-0.1, -0.05) is 30.3 Å². The largest absolute Gasteiger partial charge is 0.478 e. The molecule has 1 aromatic heterocycles. The van der Waals surface area contributed by atoms with E-state index in [-0.39, 0.29) is 17.0 Å². The summed E-state index contributed by atoms with van der Waals surface area (Å²) in [6.07, 6.45) is 2.67. The lowest BCUT2D eigenvalue weighted by Crippen LogP contribution is -2.48. The van der Waals surface area contributed by atoms with Crippen LogP contribution in [0.3, 0.4) is 0 Å². The van der Waals surface area contributed by atoms with Crippen molar-refractivity contribution < 1.29 is 14.7 Å². The van der Waals surface area contributed by atoms with E-state index < -0.39 is 5.97 Å². The summed E-state index contributed by atoms with van der Waals surface area (Å²) in [5.41, 5.74) is 1.41. The number of aromatic carboxylic acids is 1. The Kier molecular flexibility index (Phi) is 4.86. The Hall–Kier alpha value is -2.73. The predicted octanol–water partition coefficient (Wildman–Crippen LogP) is 1.74. The van der Waals surface area contributed by atoms with Crippen molar-refractivity contribution >= 4 is 11.9 Å². The Morgan fingerprint density at radius 3 is 2.38 bits per heavy atom. The van der Waals surface area contributed by atoms with Crippen molar-refractivity contribution in [2.24, 2.45) is 0 Å². The lowest BCUT2D eigenvalue weighted by atomic mass is 10.1. The zero-order chi connectivity index (χ0) is 16.9. The molecule has 2 heterocycles. The van der Waals surface area contributed by atoms with Crippen molar-refractivity contribution in [3.8, 4) is 0 Å². The van der Waals surface area contributed by atoms with Crippen molar-refractivity contribution in [2.75, 3.05) is 26.2 Å². The monoisotopic (exact) mass is 325 g/mol. The van der Waals surface area contributed by atoms with Crippen molar-refractivity contribution in [1.82, 2.24) is 14.8 Å². The number of rotatable bonds is 4. The fraction of sp³-hybridized carbons (Fsp3) is 0.278. The lowest BCUT2D eigenvalue weighted by molar-refractivity contribution is 0.0608. The van der Waals surface area contributed by atoms with Crippen LogP contribution in [0.5, 0.6) is 0 Å². The van der Waals surface area contributed by atoms with Crippen LogP contribution in [0.4, 0.5) is 0 Å². The van der Waals surface area contributed by atoms with E-state index in [0.717, 1.165) is 19.6 Å². The van der Waals surface area contributed by atoms with Crippen LogP contribution < -0.4 is 0 Å². The quantitative estimate of drug-likeness (QED) is 0.927. The number of carbonyl (C=O) groups excluding carboxylic acids is 1. The van der Waals surface area contributed by atoms with Crippen LogP contribution in [0.15, 0.2) is 48.8 Å². The minimum atomic E-state index is -1.13. The summed E-state index contributed by atoms with van der Waals surface area (Å²) in [4.78, 5) is 31.7. The zero-order valence-corrected chi connectivity index (χ0v) is 13.3. The smallest absolute Gasteiger partial charge is 0.338 e. The second-order valence-electron chi connectivity index (χ2n) is 5.78. The zero-order valence-electron chi connectivity index (χ0n) is 13.3. The standard InChI is InChI=1S/C18H19N3O3/c22-17(15-6-7-19-12-16(15)18(23)24)21-10-8-20(9-11-21)13-14-4-2-1-3-5-14/h1-7,12H,8-11,13H2,(H,23,24). The molecule has 0 atom stereocenters. The van der Waals surface area contributed by atoms with Gasteiger partial charge < -0.3 is 10.0 Å². The van der Waals surface area contributed by atoms with Gasteiger partial charge in [0.2, 0.25) is 0 Å². The molecule has 1 aliphatic rings. The number of aromatic nitrogens is 1. The van der Waals surface area contributed by atoms with Gasteiger partial charge in [0.1, 0.15) is 0 Å². The fourth-order valence-corrected chi connectivity index (χ4v) is 2.87. The molecule has 0 spiro atoms. The molecule has 1 saturated heterocycles. The number of carbonyl (C=O) groups is 2. The van der Waals surface area contributed by atoms with Crippen LogP contribution in [0, 0.1) is 0 Å². The fourth-order valence-electron chi connectivity index (χ4n) is 2.87. The molecule has 1 amide bonds. The minimum Gasteiger partial charge on any atom is -0.478 e. The number of amides is 1. The van der Waals surface area contributed by atoms with Gasteiger partial charge in [0, 0.05) is 45.1 Å². The molecule has 1 aromatic carbocycles. The lowest BCUT2D eigenvalue weighted by Gasteiger charge is -2.35. The van der Waals surface area contributed by atoms with E-state index in [0.29, 0.717) is 13.1 Å². The first-order chi connectivity index (χ1) is 11.6. The second kappa shape index (κ2) is 7.23. The summed E-state index contributed by atoms with van der Waals surface area (Å²) >= 11 is 0. The topological polar surface area (TPSA) is 73.7 Å². The first-order valence-electron chi connectivity index (χ1n) is 7.88. The maximum Gasteiger partial charge on any atom is 0.338 e. The summed E-state index contributed by atoms with van der Waals surface area (Å²) < 4.78 is 0. The molecule has 0 bridgehead atoms. The van der Waals surface area contributed by atoms with Gasteiger partial charge in [-0.15, -0.1) is 0 Å². The maximum atomic E-state index is 12.6. The highest BCUT2D eigenvalue weighted by Crippen LogP contribution is 2.14. The molecule has 1 fully saturated rings. The van der Waals surface area contributed by atoms with Gasteiger partial charge in [0.15, 0.2) is 0 Å². The molecule has 6 heteroatoms. The van der Waals surface area contributed by atoms with Gasteiger partial charge in [-0.25, -0.2) is 4.79 Å². The van der Waals surface area contributed by atoms with Gasteiger partial charge in [0.25, 0.3) is 5.91 Å². The molecule has 124 valence electrons. The molecule has 0 aliphatic carbocycles. The maximum absolute atomic E-state index is 12.6. The van der Waals surface area contributed by atoms with E-state index in [4.69, 9.17) is 0 Å². The van der Waals surface area contributed by atoms with Gasteiger partial charge in [-0.2, -0.15) is 0 Å². The SMILES string of the molecule is O=C(O)c1cnccc1C(=O)N1CCN(Cc2ccccc2)CC1. The number of carboxylic acids is 1. The van der Waals surface area contributed by atoms with Crippen molar-refractivity contribution in [2.45, 2.75) is 6.54 Å². The highest BCUT2D eigenvalue weighted by atomic mass is 16.4. The van der Waals surface area contributed by atoms with E-state index >= 15 is 0 Å². The predicted molar refractivity (Wildman–Crippen MR) is 88.8 cm³/mol. The highest BCUT2D eigenvalue weighted by molar-refractivity contribution is 6.04. The molecule has 0 unspecified atom stereocenters. The number of piperazine rings is 1. The van der Waals surface area contributed by atoms with Crippen LogP contribution in [-0.2, 0) is 6.54 Å². The van der Waals surface area contributed by atoms with Crippen LogP contribution in [0.2, 0.25) is 0 Å². The number of hydrogen-bond donors (Lipinski definition) is 1. The number of hydrogen-bond acceptors (Lipinski definition) is 4. The molecule has 3 rings (SSSR count). The highest BCUT2D eigenvalue weighted by Gasteiger charge is 2.25. The molecule has 24 heavy (non-hydrogen) atoms. The summed E-state index contributed by atoms with van der Waals surface area (Å²) in [6.45, 7) is 3.58. The molecule has 0 saturated carbocycles. The molecule has 1 N–H and O–H groups in total. The van der Waals surface area contributed by atoms with E-state index in [9.17, 15) is 14.7 Å². The Balaban J connectivity index is 1.62. The molecule has 2 aromatic rings. The first kappa shape index (κ1) is 16.1. The Morgan fingerprint density at radius 1 is 1.00 bits per heavy atom. The Labute approximate surface area is 140 Å². The van der Waals surface area contributed by atoms with Gasteiger partial charge >= 0.3 is 5.97 Å². The number of pyridine rings is 1. The van der Waals surface area contributed by atoms with Gasteiger partial charge in [-0.3, -0.25) is 14.7 Å². The van der Waals surface area contributed by atoms with Gasteiger partial charge in [0.05, 0.1) is 11.1 Å². The molecule has 1 aliphatic heterocycles. The molecular weight excluding hydrogens is 306 g/mol. The summed E-state index contributed by atoms with van der Waals surface area (Å²) in [5, 5.41) is 9.20. The van der Waals surface area contributed by atoms with E-state index in [1.165, 1.54) is 24.0 Å². The van der Waals surface area contributed by atoms with Crippen LogP contribution >= 0.6 is 0 Å². The third-order valence-corrected chi connectivity index (χ3v) is 4.19. The Bertz CT molecular complexity index is 725. The summed E-state index contributed by atoms with van der Waals surface area (Å²) in [6, 6.07) is 11.7. The normalized spacial score (nSPS) is 15.2. The number of carboxylic acid groups (broad SMARTS) is 1. The van der Waals surface area contributed by atoms with Crippen molar-refractivity contribution in [1.29, 1.82) is 0 Å². The van der Waals surface area contributed by atoms with Crippen LogP contribution in [-0.4, -0.2) is 57.9 Å². The van der Waals surface area contributed by atoms with E-state index in [2.05, 4.69) is 22.0 Å². The van der Waals surface area contributed by atoms with Crippen molar-refractivity contribution in [3.05, 3.63) is 65.5 Å². The summed E-state index contributed by atoms with van der Waals surface area (Å²) in [7, 11) is 0. The number of benzene rings is 1. The third-order valence-electron chi connectivity index (χ3n) is 4.19. The van der Waals surface area contributed by atoms with E-state index in [1.54, 1.807) is 4.90 Å². The molecule has 6 nitrogen and oxygen atoms in total. The molecular formula is C18H19N3O3. The summed E-state index contributed by atoms with van der Waals surface area (Å²) in [5.74, 6) is -1.37. The van der Waals surface area contributed by atoms with Crippen molar-refractivity contribution in [3.63, 3.8) is 0 Å². The van der Waals surface area contributed by atoms with Crippen LogP contribution in [0.1, 0.15) is 26.3 Å². The van der Waals surface area contributed by atoms with Crippen LogP contribution in [0.25, 0.3) is 0 Å². The van der Waals surface area contributed by atoms with Gasteiger partial charge in [-0.05, 0) is 11.6 Å². The minimum absolute atomic E-state index is 0.0470. The second-order valence-corrected chi connectivity index (χ2v) is 5.78. The Morgan fingerprint density at radius 2 is 1.71 bits per heavy atom. The van der Waals surface area contributed by atoms with E-state index in [1.807, 2.05) is 18.2 Å².